The number of methoxy groups -OCH3 is 1. The number of carbonyl (C=O) groups is 1. The van der Waals surface area contributed by atoms with Crippen molar-refractivity contribution in [2.24, 2.45) is 5.92 Å². The minimum atomic E-state index is -3.92. The number of rotatable bonds is 8. The second-order valence-electron chi connectivity index (χ2n) is 8.46. The van der Waals surface area contributed by atoms with E-state index in [-0.39, 0.29) is 12.0 Å². The Bertz CT molecular complexity index is 970. The smallest absolute Gasteiger partial charge is 0.387 e. The molecule has 0 aromatic carbocycles. The van der Waals surface area contributed by atoms with Crippen LogP contribution in [-0.2, 0) is 27.9 Å². The molecular formula is C18H29N2O9PS. The zero-order valence-corrected chi connectivity index (χ0v) is 20.0. The van der Waals surface area contributed by atoms with Gasteiger partial charge in [0.2, 0.25) is 0 Å². The Labute approximate surface area is 184 Å². The number of ether oxygens (including phenoxy) is 2. The number of nitrogens with zero attached hydrogens (tertiary/aromatic N) is 1. The van der Waals surface area contributed by atoms with Gasteiger partial charge in [0.05, 0.1) is 17.6 Å². The molecule has 1 fully saturated rings. The number of nitrogens with one attached hydrogen (secondary N) is 1. The topological polar surface area (TPSA) is 146 Å². The molecule has 2 rings (SSSR count). The second kappa shape index (κ2) is 9.60. The van der Waals surface area contributed by atoms with Crippen molar-refractivity contribution in [3.8, 4) is 0 Å². The van der Waals surface area contributed by atoms with Crippen LogP contribution in [0.25, 0.3) is 0 Å². The molecule has 0 radical (unpaired) electrons. The van der Waals surface area contributed by atoms with Crippen LogP contribution >= 0.6 is 19.0 Å². The van der Waals surface area contributed by atoms with E-state index in [1.807, 2.05) is 0 Å². The van der Waals surface area contributed by atoms with E-state index in [2.05, 4.69) is 17.2 Å². The summed E-state index contributed by atoms with van der Waals surface area (Å²) >= 11 is 4.04. The van der Waals surface area contributed by atoms with Crippen LogP contribution in [0.1, 0.15) is 45.9 Å². The van der Waals surface area contributed by atoms with Gasteiger partial charge in [0.15, 0.2) is 6.23 Å². The lowest BCUT2D eigenvalue weighted by Crippen LogP contribution is -2.40. The molecule has 31 heavy (non-hydrogen) atoms. The molecule has 1 aromatic rings. The molecule has 11 nitrogen and oxygen atoms in total. The number of aliphatic carboxylic acids is 1. The Morgan fingerprint density at radius 2 is 2.00 bits per heavy atom. The molecule has 176 valence electrons. The number of aryl methyl sites for hydroxylation is 1. The summed E-state index contributed by atoms with van der Waals surface area (Å²) in [5.74, 6) is -1.89. The fraction of sp³-hybridized carbons (Fsp3) is 0.722. The standard InChI is InChI=1S/C18H29N2O9PS/c1-9(16(22)23)7-11-12(28-30(25,31)29-18(3,4)5)13(26-6)15(27-11)20-8-10(2)14(21)19-17(20)24/h8-9,11-13,15H,7H2,1-6H3,(H,22,23)(H,25,31)(H,19,21,24)/t9?,11-,12?,13+,15+,30?/m1/s1. The molecule has 0 bridgehead atoms. The van der Waals surface area contributed by atoms with E-state index in [9.17, 15) is 24.1 Å². The first-order valence-corrected chi connectivity index (χ1v) is 12.3. The van der Waals surface area contributed by atoms with Gasteiger partial charge in [0, 0.05) is 18.9 Å². The Balaban J connectivity index is 2.46. The number of hydrogen-bond donors (Lipinski definition) is 3. The zero-order valence-electron chi connectivity index (χ0n) is 18.2. The Morgan fingerprint density at radius 3 is 2.52 bits per heavy atom. The molecular weight excluding hydrogens is 451 g/mol. The number of aromatic nitrogens is 2. The maximum Gasteiger partial charge on any atom is 0.387 e. The van der Waals surface area contributed by atoms with Crippen LogP contribution in [0.3, 0.4) is 0 Å². The highest BCUT2D eigenvalue weighted by atomic mass is 32.7. The molecule has 1 aliphatic rings. The van der Waals surface area contributed by atoms with E-state index in [0.29, 0.717) is 0 Å². The lowest BCUT2D eigenvalue weighted by atomic mass is 9.99. The van der Waals surface area contributed by atoms with Gasteiger partial charge in [-0.2, -0.15) is 0 Å². The van der Waals surface area contributed by atoms with Crippen LogP contribution in [0.4, 0.5) is 0 Å². The number of H-pyrrole nitrogens is 1. The van der Waals surface area contributed by atoms with Crippen LogP contribution < -0.4 is 11.2 Å². The summed E-state index contributed by atoms with van der Waals surface area (Å²) in [5.41, 5.74) is -1.87. The fourth-order valence-corrected chi connectivity index (χ4v) is 5.61. The van der Waals surface area contributed by atoms with Crippen molar-refractivity contribution >= 4 is 25.0 Å². The monoisotopic (exact) mass is 480 g/mol. The number of aromatic amines is 1. The number of carboxylic acids is 1. The maximum absolute atomic E-state index is 12.9. The molecule has 0 spiro atoms. The molecule has 2 N–H and O–H groups in total. The molecule has 3 unspecified atom stereocenters. The van der Waals surface area contributed by atoms with E-state index in [1.165, 1.54) is 27.2 Å². The highest BCUT2D eigenvalue weighted by Gasteiger charge is 2.50. The van der Waals surface area contributed by atoms with Gasteiger partial charge in [0.1, 0.15) is 12.2 Å². The van der Waals surface area contributed by atoms with E-state index in [0.717, 1.165) is 4.57 Å². The number of thiol groups is 1. The molecule has 1 saturated heterocycles. The second-order valence-corrected chi connectivity index (χ2v) is 11.3. The van der Waals surface area contributed by atoms with Crippen LogP contribution in [0.5, 0.6) is 0 Å². The Hall–Kier alpha value is -1.43. The fourth-order valence-electron chi connectivity index (χ4n) is 3.25. The first-order valence-electron chi connectivity index (χ1n) is 9.60. The van der Waals surface area contributed by atoms with Gasteiger partial charge >= 0.3 is 18.5 Å². The summed E-state index contributed by atoms with van der Waals surface area (Å²) in [7, 11) is 1.35. The van der Waals surface area contributed by atoms with Crippen molar-refractivity contribution in [1.29, 1.82) is 0 Å². The third kappa shape index (κ3) is 6.53. The van der Waals surface area contributed by atoms with E-state index >= 15 is 0 Å². The van der Waals surface area contributed by atoms with Gasteiger partial charge in [-0.3, -0.25) is 28.2 Å². The van der Waals surface area contributed by atoms with Crippen LogP contribution in [0, 0.1) is 12.8 Å². The molecule has 1 aliphatic heterocycles. The Morgan fingerprint density at radius 1 is 1.39 bits per heavy atom. The predicted octanol–water partition coefficient (Wildman–Crippen LogP) is 2.11. The lowest BCUT2D eigenvalue weighted by molar-refractivity contribution is -0.143. The van der Waals surface area contributed by atoms with Crippen LogP contribution in [0.2, 0.25) is 0 Å². The lowest BCUT2D eigenvalue weighted by Gasteiger charge is -2.29. The minimum absolute atomic E-state index is 0.0171. The summed E-state index contributed by atoms with van der Waals surface area (Å²) < 4.78 is 36.6. The summed E-state index contributed by atoms with van der Waals surface area (Å²) in [6.07, 6.45) is -2.74. The van der Waals surface area contributed by atoms with Crippen molar-refractivity contribution in [1.82, 2.24) is 9.55 Å². The average molecular weight is 480 g/mol. The van der Waals surface area contributed by atoms with Crippen molar-refractivity contribution in [2.45, 2.75) is 71.2 Å². The predicted molar refractivity (Wildman–Crippen MR) is 114 cm³/mol. The van der Waals surface area contributed by atoms with E-state index in [4.69, 9.17) is 18.5 Å². The SMILES string of the molecule is CO[C@H]1C(OP(=O)(S)OC(C)(C)C)[C@@H](CC(C)C(=O)O)O[C@@H]1n1cc(C)c(=O)[nH]c1=O. The van der Waals surface area contributed by atoms with Crippen molar-refractivity contribution in [2.75, 3.05) is 7.11 Å². The van der Waals surface area contributed by atoms with Crippen molar-refractivity contribution in [3.63, 3.8) is 0 Å². The van der Waals surface area contributed by atoms with Crippen LogP contribution in [-0.4, -0.2) is 51.6 Å². The van der Waals surface area contributed by atoms with E-state index in [1.54, 1.807) is 20.8 Å². The molecule has 0 aliphatic carbocycles. The zero-order chi connectivity index (χ0) is 23.7. The first-order chi connectivity index (χ1) is 14.1. The highest BCUT2D eigenvalue weighted by Crippen LogP contribution is 2.58. The highest BCUT2D eigenvalue weighted by molar-refractivity contribution is 8.44. The maximum atomic E-state index is 12.9. The molecule has 0 saturated carbocycles. The molecule has 0 amide bonds. The third-order valence-corrected chi connectivity index (χ3v) is 6.45. The molecule has 6 atom stereocenters. The number of hydrogen-bond acceptors (Lipinski definition) is 8. The summed E-state index contributed by atoms with van der Waals surface area (Å²) in [6, 6.07) is 0. The molecule has 13 heteroatoms. The van der Waals surface area contributed by atoms with Gasteiger partial charge in [0.25, 0.3) is 5.56 Å². The van der Waals surface area contributed by atoms with Crippen LogP contribution in [0.15, 0.2) is 15.8 Å². The van der Waals surface area contributed by atoms with Gasteiger partial charge in [-0.15, -0.1) is 0 Å². The quantitative estimate of drug-likeness (QED) is 0.376. The average Bonchev–Trinajstić information content (AvgIpc) is 2.92. The number of carboxylic acid groups (broad SMARTS) is 1. The summed E-state index contributed by atoms with van der Waals surface area (Å²) in [6.45, 7) is 4.10. The summed E-state index contributed by atoms with van der Waals surface area (Å²) in [4.78, 5) is 37.7. The van der Waals surface area contributed by atoms with Gasteiger partial charge in [-0.1, -0.05) is 19.2 Å². The molecule has 1 aromatic heterocycles. The van der Waals surface area contributed by atoms with Crippen molar-refractivity contribution in [3.05, 3.63) is 32.6 Å². The normalized spacial score (nSPS) is 27.1. The minimum Gasteiger partial charge on any atom is -0.481 e. The van der Waals surface area contributed by atoms with Gasteiger partial charge < -0.3 is 14.6 Å². The van der Waals surface area contributed by atoms with Gasteiger partial charge in [-0.05, 0) is 34.1 Å². The first kappa shape index (κ1) is 25.8. The molecule has 2 heterocycles. The van der Waals surface area contributed by atoms with E-state index < -0.39 is 60.1 Å². The van der Waals surface area contributed by atoms with Crippen molar-refractivity contribution < 1.29 is 33.0 Å². The largest absolute Gasteiger partial charge is 0.481 e. The third-order valence-electron chi connectivity index (χ3n) is 4.63. The Kier molecular flexibility index (Phi) is 8.00. The summed E-state index contributed by atoms with van der Waals surface area (Å²) in [5, 5.41) is 9.31. The van der Waals surface area contributed by atoms with Gasteiger partial charge in [-0.25, -0.2) is 9.36 Å².